The lowest BCUT2D eigenvalue weighted by atomic mass is 10.1. The highest BCUT2D eigenvalue weighted by Crippen LogP contribution is 2.22. The molecule has 0 fully saturated rings. The molecule has 3 aromatic rings. The van der Waals surface area contributed by atoms with Crippen LogP contribution in [0.2, 0.25) is 0 Å². The van der Waals surface area contributed by atoms with E-state index >= 15 is 0 Å². The SMILES string of the molecule is CCc1ccc(CN(Cc2cccnc2)C(=O)COc2ccc([N+](=O)[O-])c(F)c2)cc1. The minimum Gasteiger partial charge on any atom is -0.484 e. The molecule has 2 aromatic carbocycles. The Hall–Kier alpha value is -3.81. The Morgan fingerprint density at radius 2 is 1.81 bits per heavy atom. The second-order valence-corrected chi connectivity index (χ2v) is 6.94. The summed E-state index contributed by atoms with van der Waals surface area (Å²) in [5.74, 6) is -1.27. The van der Waals surface area contributed by atoms with E-state index in [-0.39, 0.29) is 18.3 Å². The maximum absolute atomic E-state index is 13.8. The van der Waals surface area contributed by atoms with Crippen LogP contribution in [0.15, 0.2) is 67.0 Å². The number of nitro groups is 1. The van der Waals surface area contributed by atoms with Crippen molar-refractivity contribution >= 4 is 11.6 Å². The second kappa shape index (κ2) is 10.3. The normalized spacial score (nSPS) is 10.5. The molecule has 3 rings (SSSR count). The van der Waals surface area contributed by atoms with Crippen molar-refractivity contribution in [3.05, 3.63) is 99.6 Å². The molecule has 0 radical (unpaired) electrons. The fraction of sp³-hybridized carbons (Fsp3) is 0.217. The van der Waals surface area contributed by atoms with Gasteiger partial charge >= 0.3 is 5.69 Å². The van der Waals surface area contributed by atoms with Gasteiger partial charge in [-0.2, -0.15) is 4.39 Å². The van der Waals surface area contributed by atoms with E-state index in [1.54, 1.807) is 23.4 Å². The van der Waals surface area contributed by atoms with Crippen LogP contribution >= 0.6 is 0 Å². The summed E-state index contributed by atoms with van der Waals surface area (Å²) in [6.45, 7) is 2.45. The van der Waals surface area contributed by atoms with E-state index in [1.165, 1.54) is 11.6 Å². The molecule has 160 valence electrons. The number of ether oxygens (including phenoxy) is 1. The van der Waals surface area contributed by atoms with Crippen molar-refractivity contribution in [1.29, 1.82) is 0 Å². The molecule has 8 heteroatoms. The molecule has 0 N–H and O–H groups in total. The van der Waals surface area contributed by atoms with Gasteiger partial charge in [-0.1, -0.05) is 37.3 Å². The molecular weight excluding hydrogens is 401 g/mol. The summed E-state index contributed by atoms with van der Waals surface area (Å²) in [6.07, 6.45) is 4.27. The Morgan fingerprint density at radius 1 is 1.10 bits per heavy atom. The number of carbonyl (C=O) groups is 1. The van der Waals surface area contributed by atoms with Gasteiger partial charge in [-0.05, 0) is 35.2 Å². The number of pyridine rings is 1. The van der Waals surface area contributed by atoms with Gasteiger partial charge in [0.15, 0.2) is 6.61 Å². The molecule has 31 heavy (non-hydrogen) atoms. The minimum absolute atomic E-state index is 0.0464. The largest absolute Gasteiger partial charge is 0.484 e. The van der Waals surface area contributed by atoms with Crippen LogP contribution in [0.3, 0.4) is 0 Å². The molecule has 0 atom stereocenters. The zero-order valence-electron chi connectivity index (χ0n) is 17.0. The van der Waals surface area contributed by atoms with Crippen LogP contribution in [0, 0.1) is 15.9 Å². The van der Waals surface area contributed by atoms with E-state index in [2.05, 4.69) is 11.9 Å². The zero-order valence-corrected chi connectivity index (χ0v) is 17.0. The maximum atomic E-state index is 13.8. The number of benzene rings is 2. The minimum atomic E-state index is -1.02. The van der Waals surface area contributed by atoms with Crippen molar-refractivity contribution in [1.82, 2.24) is 9.88 Å². The van der Waals surface area contributed by atoms with Crippen molar-refractivity contribution in [3.63, 3.8) is 0 Å². The van der Waals surface area contributed by atoms with Gasteiger partial charge in [0.1, 0.15) is 5.75 Å². The first-order valence-electron chi connectivity index (χ1n) is 9.77. The van der Waals surface area contributed by atoms with Gasteiger partial charge in [0.25, 0.3) is 5.91 Å². The van der Waals surface area contributed by atoms with Crippen LogP contribution in [0.25, 0.3) is 0 Å². The zero-order chi connectivity index (χ0) is 22.2. The summed E-state index contributed by atoms with van der Waals surface area (Å²) in [6, 6.07) is 14.9. The highest BCUT2D eigenvalue weighted by atomic mass is 19.1. The number of rotatable bonds is 9. The highest BCUT2D eigenvalue weighted by molar-refractivity contribution is 5.77. The fourth-order valence-electron chi connectivity index (χ4n) is 3.01. The molecule has 0 saturated heterocycles. The summed E-state index contributed by atoms with van der Waals surface area (Å²) < 4.78 is 19.2. The van der Waals surface area contributed by atoms with Crippen molar-refractivity contribution < 1.29 is 18.8 Å². The Balaban J connectivity index is 1.71. The number of nitrogens with zero attached hydrogens (tertiary/aromatic N) is 3. The van der Waals surface area contributed by atoms with E-state index in [9.17, 15) is 19.3 Å². The van der Waals surface area contributed by atoms with Gasteiger partial charge in [0, 0.05) is 37.6 Å². The smallest absolute Gasteiger partial charge is 0.305 e. The summed E-state index contributed by atoms with van der Waals surface area (Å²) in [7, 11) is 0. The molecular formula is C23H22FN3O4. The third kappa shape index (κ3) is 6.08. The van der Waals surface area contributed by atoms with Gasteiger partial charge in [0.2, 0.25) is 5.82 Å². The summed E-state index contributed by atoms with van der Waals surface area (Å²) in [5.41, 5.74) is 2.39. The van der Waals surface area contributed by atoms with E-state index in [0.717, 1.165) is 29.7 Å². The number of hydrogen-bond acceptors (Lipinski definition) is 5. The van der Waals surface area contributed by atoms with Crippen molar-refractivity contribution in [2.45, 2.75) is 26.4 Å². The van der Waals surface area contributed by atoms with E-state index in [4.69, 9.17) is 4.74 Å². The Labute approximate surface area is 179 Å². The monoisotopic (exact) mass is 423 g/mol. The van der Waals surface area contributed by atoms with E-state index in [0.29, 0.717) is 13.1 Å². The molecule has 1 aromatic heterocycles. The van der Waals surface area contributed by atoms with E-state index in [1.807, 2.05) is 30.3 Å². The Kier molecular flexibility index (Phi) is 7.26. The first kappa shape index (κ1) is 21.9. The number of hydrogen-bond donors (Lipinski definition) is 0. The predicted molar refractivity (Wildman–Crippen MR) is 113 cm³/mol. The summed E-state index contributed by atoms with van der Waals surface area (Å²) in [4.78, 5) is 28.5. The molecule has 0 aliphatic rings. The third-order valence-electron chi connectivity index (χ3n) is 4.73. The number of amides is 1. The number of carbonyl (C=O) groups excluding carboxylic acids is 1. The third-order valence-corrected chi connectivity index (χ3v) is 4.73. The van der Waals surface area contributed by atoms with Crippen LogP contribution in [0.1, 0.15) is 23.6 Å². The van der Waals surface area contributed by atoms with Gasteiger partial charge < -0.3 is 9.64 Å². The number of aromatic nitrogens is 1. The summed E-state index contributed by atoms with van der Waals surface area (Å²) >= 11 is 0. The highest BCUT2D eigenvalue weighted by Gasteiger charge is 2.18. The first-order valence-corrected chi connectivity index (χ1v) is 9.77. The number of halogens is 1. The van der Waals surface area contributed by atoms with Crippen molar-refractivity contribution in [2.24, 2.45) is 0 Å². The van der Waals surface area contributed by atoms with Crippen LogP contribution < -0.4 is 4.74 Å². The molecule has 7 nitrogen and oxygen atoms in total. The number of aryl methyl sites for hydroxylation is 1. The van der Waals surface area contributed by atoms with Crippen molar-refractivity contribution in [3.8, 4) is 5.75 Å². The van der Waals surface area contributed by atoms with E-state index < -0.39 is 16.4 Å². The van der Waals surface area contributed by atoms with Crippen LogP contribution in [0.5, 0.6) is 5.75 Å². The molecule has 0 bridgehead atoms. The molecule has 0 aliphatic heterocycles. The van der Waals surface area contributed by atoms with Crippen molar-refractivity contribution in [2.75, 3.05) is 6.61 Å². The number of nitro benzene ring substituents is 1. The average molecular weight is 423 g/mol. The molecule has 0 spiro atoms. The van der Waals surface area contributed by atoms with Crippen LogP contribution in [-0.4, -0.2) is 27.3 Å². The Bertz CT molecular complexity index is 1040. The lowest BCUT2D eigenvalue weighted by Crippen LogP contribution is -2.34. The lowest BCUT2D eigenvalue weighted by molar-refractivity contribution is -0.387. The quantitative estimate of drug-likeness (QED) is 0.378. The van der Waals surface area contributed by atoms with Gasteiger partial charge in [-0.15, -0.1) is 0 Å². The lowest BCUT2D eigenvalue weighted by Gasteiger charge is -2.23. The molecule has 1 heterocycles. The predicted octanol–water partition coefficient (Wildman–Crippen LogP) is 4.30. The summed E-state index contributed by atoms with van der Waals surface area (Å²) in [5, 5.41) is 10.7. The fourth-order valence-corrected chi connectivity index (χ4v) is 3.01. The van der Waals surface area contributed by atoms with Gasteiger partial charge in [0.05, 0.1) is 4.92 Å². The average Bonchev–Trinajstić information content (AvgIpc) is 2.78. The van der Waals surface area contributed by atoms with Crippen LogP contribution in [0.4, 0.5) is 10.1 Å². The standard InChI is InChI=1S/C23H22FN3O4/c1-2-17-5-7-18(8-6-17)14-26(15-19-4-3-11-25-13-19)23(28)16-31-20-9-10-22(27(29)30)21(24)12-20/h3-13H,2,14-16H2,1H3. The topological polar surface area (TPSA) is 85.6 Å². The second-order valence-electron chi connectivity index (χ2n) is 6.94. The molecule has 0 saturated carbocycles. The van der Waals surface area contributed by atoms with Crippen LogP contribution in [-0.2, 0) is 24.3 Å². The van der Waals surface area contributed by atoms with Gasteiger partial charge in [-0.25, -0.2) is 0 Å². The maximum Gasteiger partial charge on any atom is 0.305 e. The molecule has 0 unspecified atom stereocenters. The molecule has 1 amide bonds. The first-order chi connectivity index (χ1) is 15.0. The Morgan fingerprint density at radius 3 is 2.42 bits per heavy atom. The molecule has 0 aliphatic carbocycles. The van der Waals surface area contributed by atoms with Gasteiger partial charge in [-0.3, -0.25) is 19.9 Å².